The highest BCUT2D eigenvalue weighted by Gasteiger charge is 2.36. The highest BCUT2D eigenvalue weighted by molar-refractivity contribution is 5.95. The van der Waals surface area contributed by atoms with Crippen molar-refractivity contribution in [2.75, 3.05) is 58.9 Å². The molecule has 10 amide bonds. The van der Waals surface area contributed by atoms with Gasteiger partial charge in [-0.1, -0.05) is 6.42 Å². The Labute approximate surface area is 384 Å². The van der Waals surface area contributed by atoms with Crippen LogP contribution in [0.3, 0.4) is 0 Å². The summed E-state index contributed by atoms with van der Waals surface area (Å²) < 4.78 is 0. The zero-order valence-corrected chi connectivity index (χ0v) is 36.8. The maximum atomic E-state index is 13.4. The van der Waals surface area contributed by atoms with Gasteiger partial charge in [-0.05, 0) is 45.1 Å². The lowest BCUT2D eigenvalue weighted by Gasteiger charge is -2.26. The molecule has 2 aromatic rings. The molecule has 27 nitrogen and oxygen atoms in total. The summed E-state index contributed by atoms with van der Waals surface area (Å²) in [6.07, 6.45) is 9.98. The summed E-state index contributed by atoms with van der Waals surface area (Å²) in [5.74, 6) is -6.99. The van der Waals surface area contributed by atoms with Crippen LogP contribution in [0.2, 0.25) is 0 Å². The van der Waals surface area contributed by atoms with E-state index >= 15 is 0 Å². The summed E-state index contributed by atoms with van der Waals surface area (Å²) in [6.45, 7) is -1.67. The highest BCUT2D eigenvalue weighted by atomic mass is 16.4. The number of aromatic nitrogens is 4. The summed E-state index contributed by atoms with van der Waals surface area (Å²) in [5.41, 5.74) is 1.11. The molecule has 2 aliphatic rings. The second-order valence-corrected chi connectivity index (χ2v) is 15.7. The average molecular weight is 942 g/mol. The SMILES string of the molecule is O=C(O)CNC(=O)CNC(=O)CNC(=O)[C@@H](Cc1cnc[nH]1)NC(=O)[C@@H]1CCCN1C(=O)CCCCCNC(=O)CNC(=O)CNC(=O)CNC(=O)[C@H](Cc1cnc[nH]1)NC(=O)[C@@H]1CCCN1. The van der Waals surface area contributed by atoms with Crippen molar-refractivity contribution in [1.82, 2.24) is 78.0 Å². The van der Waals surface area contributed by atoms with E-state index in [1.165, 1.54) is 29.9 Å². The zero-order valence-electron chi connectivity index (χ0n) is 36.8. The first kappa shape index (κ1) is 52.2. The number of H-pyrrole nitrogens is 2. The second kappa shape index (κ2) is 27.8. The van der Waals surface area contributed by atoms with Crippen molar-refractivity contribution in [3.8, 4) is 0 Å². The van der Waals surface area contributed by atoms with E-state index in [1.807, 2.05) is 0 Å². The molecule has 0 saturated carbocycles. The van der Waals surface area contributed by atoms with Gasteiger partial charge in [-0.2, -0.15) is 0 Å². The number of aromatic amines is 2. The van der Waals surface area contributed by atoms with Crippen molar-refractivity contribution in [1.29, 1.82) is 0 Å². The van der Waals surface area contributed by atoms with Gasteiger partial charge in [0.25, 0.3) is 0 Å². The molecule has 366 valence electrons. The molecule has 2 aromatic heterocycles. The van der Waals surface area contributed by atoms with Gasteiger partial charge in [-0.25, -0.2) is 9.97 Å². The fraction of sp³-hybridized carbons (Fsp3) is 0.575. The molecule has 0 unspecified atom stereocenters. The number of hydrogen-bond acceptors (Lipinski definition) is 14. The molecule has 0 aliphatic carbocycles. The van der Waals surface area contributed by atoms with Crippen LogP contribution in [0.15, 0.2) is 25.0 Å². The van der Waals surface area contributed by atoms with Crippen LogP contribution in [0.4, 0.5) is 0 Å². The number of carbonyl (C=O) groups excluding carboxylic acids is 10. The van der Waals surface area contributed by atoms with E-state index in [2.05, 4.69) is 73.1 Å². The van der Waals surface area contributed by atoms with Crippen molar-refractivity contribution < 1.29 is 57.8 Å². The lowest BCUT2D eigenvalue weighted by atomic mass is 10.1. The maximum Gasteiger partial charge on any atom is 0.322 e. The summed E-state index contributed by atoms with van der Waals surface area (Å²) in [5, 5.41) is 33.7. The van der Waals surface area contributed by atoms with Crippen LogP contribution >= 0.6 is 0 Å². The molecular weight excluding hydrogens is 883 g/mol. The number of hydrogen-bond donors (Lipinski definition) is 13. The number of carboxylic acids is 1. The Bertz CT molecular complexity index is 2030. The molecule has 2 aliphatic heterocycles. The predicted octanol–water partition coefficient (Wildman–Crippen LogP) is -5.91. The van der Waals surface area contributed by atoms with Gasteiger partial charge in [-0.3, -0.25) is 52.7 Å². The minimum atomic E-state index is -1.26. The van der Waals surface area contributed by atoms with Crippen LogP contribution in [0, 0.1) is 0 Å². The quantitative estimate of drug-likeness (QED) is 0.0354. The number of unbranched alkanes of at least 4 members (excludes halogenated alkanes) is 2. The lowest BCUT2D eigenvalue weighted by molar-refractivity contribution is -0.139. The molecular formula is C40H59N15O12. The van der Waals surface area contributed by atoms with Crippen LogP contribution in [0.1, 0.15) is 62.8 Å². The Hall–Kier alpha value is -7.45. The highest BCUT2D eigenvalue weighted by Crippen LogP contribution is 2.20. The molecule has 2 fully saturated rings. The van der Waals surface area contributed by atoms with Gasteiger partial charge in [0.1, 0.15) is 24.7 Å². The standard InChI is InChI=1S/C40H59N15O12/c56-30(16-45-31(57)17-46-33(59)19-49-37(64)27(12-24-14-41-22-51-24)53-39(66)26-6-4-10-43-26)44-9-3-1-2-8-35(61)55-11-5-7-29(55)40(67)54-28(13-25-15-42-23-52-25)38(65)50-20-34(60)47-18-32(58)48-21-36(62)63/h14-15,22-23,26-29,43H,1-13,16-21H2,(H,41,51)(H,42,52)(H,44,56)(H,45,57)(H,46,59)(H,47,60)(H,48,58)(H,49,64)(H,50,65)(H,53,66)(H,54,67)(H,62,63)/t26-,27-,28+,29-/m0/s1. The number of rotatable bonds is 28. The molecule has 13 N–H and O–H groups in total. The van der Waals surface area contributed by atoms with Gasteiger partial charge in [0, 0.05) is 56.1 Å². The van der Waals surface area contributed by atoms with Crippen LogP contribution < -0.4 is 53.2 Å². The molecule has 0 aromatic carbocycles. The zero-order chi connectivity index (χ0) is 48.6. The number of carbonyl (C=O) groups is 11. The number of nitrogens with zero attached hydrogens (tertiary/aromatic N) is 3. The predicted molar refractivity (Wildman–Crippen MR) is 231 cm³/mol. The maximum absolute atomic E-state index is 13.4. The Balaban J connectivity index is 1.08. The number of likely N-dealkylation sites (tertiary alicyclic amines) is 1. The third-order valence-electron chi connectivity index (χ3n) is 10.5. The van der Waals surface area contributed by atoms with Crippen LogP contribution in [-0.4, -0.2) is 178 Å². The smallest absolute Gasteiger partial charge is 0.322 e. The van der Waals surface area contributed by atoms with E-state index in [4.69, 9.17) is 5.11 Å². The molecule has 0 radical (unpaired) electrons. The Kier molecular flexibility index (Phi) is 21.6. The molecule has 0 bridgehead atoms. The average Bonchev–Trinajstić information content (AvgIpc) is 4.17. The number of nitrogens with one attached hydrogen (secondary N) is 12. The van der Waals surface area contributed by atoms with Gasteiger partial charge >= 0.3 is 5.97 Å². The van der Waals surface area contributed by atoms with Gasteiger partial charge < -0.3 is 73.1 Å². The van der Waals surface area contributed by atoms with E-state index in [0.717, 1.165) is 6.42 Å². The fourth-order valence-electron chi connectivity index (χ4n) is 6.99. The first-order valence-corrected chi connectivity index (χ1v) is 21.9. The minimum absolute atomic E-state index is 0.0145. The second-order valence-electron chi connectivity index (χ2n) is 15.7. The van der Waals surface area contributed by atoms with Gasteiger partial charge in [0.2, 0.25) is 59.1 Å². The Morgan fingerprint density at radius 1 is 0.612 bits per heavy atom. The summed E-state index contributed by atoms with van der Waals surface area (Å²) in [7, 11) is 0. The van der Waals surface area contributed by atoms with Gasteiger partial charge in [0.05, 0.1) is 51.4 Å². The number of aliphatic carboxylic acids is 1. The van der Waals surface area contributed by atoms with Gasteiger partial charge in [0.15, 0.2) is 0 Å². The third-order valence-corrected chi connectivity index (χ3v) is 10.5. The monoisotopic (exact) mass is 941 g/mol. The fourth-order valence-corrected chi connectivity index (χ4v) is 6.99. The van der Waals surface area contributed by atoms with E-state index in [1.54, 1.807) is 0 Å². The van der Waals surface area contributed by atoms with E-state index in [-0.39, 0.29) is 44.2 Å². The Morgan fingerprint density at radius 3 is 1.61 bits per heavy atom. The largest absolute Gasteiger partial charge is 0.480 e. The summed E-state index contributed by atoms with van der Waals surface area (Å²) in [6, 6.07) is -3.40. The van der Waals surface area contributed by atoms with Crippen molar-refractivity contribution in [3.05, 3.63) is 36.4 Å². The first-order chi connectivity index (χ1) is 32.2. The van der Waals surface area contributed by atoms with Crippen LogP contribution in [-0.2, 0) is 65.6 Å². The molecule has 4 atom stereocenters. The van der Waals surface area contributed by atoms with Gasteiger partial charge in [-0.15, -0.1) is 0 Å². The van der Waals surface area contributed by atoms with Crippen LogP contribution in [0.5, 0.6) is 0 Å². The molecule has 67 heavy (non-hydrogen) atoms. The number of imidazole rings is 2. The first-order valence-electron chi connectivity index (χ1n) is 21.9. The van der Waals surface area contributed by atoms with Crippen molar-refractivity contribution >= 4 is 65.0 Å². The summed E-state index contributed by atoms with van der Waals surface area (Å²) >= 11 is 0. The lowest BCUT2D eigenvalue weighted by Crippen LogP contribution is -2.55. The van der Waals surface area contributed by atoms with Crippen LogP contribution in [0.25, 0.3) is 0 Å². The van der Waals surface area contributed by atoms with E-state index < -0.39 is 110 Å². The molecule has 0 spiro atoms. The Morgan fingerprint density at radius 2 is 1.12 bits per heavy atom. The topological polar surface area (TPSA) is 389 Å². The summed E-state index contributed by atoms with van der Waals surface area (Å²) in [4.78, 5) is 152. The number of amides is 10. The molecule has 2 saturated heterocycles. The van der Waals surface area contributed by atoms with Crippen molar-refractivity contribution in [3.63, 3.8) is 0 Å². The normalized spacial score (nSPS) is 16.1. The molecule has 4 rings (SSSR count). The third kappa shape index (κ3) is 19.3. The van der Waals surface area contributed by atoms with Crippen molar-refractivity contribution in [2.45, 2.75) is 88.4 Å². The molecule has 4 heterocycles. The van der Waals surface area contributed by atoms with E-state index in [0.29, 0.717) is 63.0 Å². The van der Waals surface area contributed by atoms with E-state index in [9.17, 15) is 52.7 Å². The number of carboxylic acid groups (broad SMARTS) is 1. The van der Waals surface area contributed by atoms with Crippen molar-refractivity contribution in [2.24, 2.45) is 0 Å². The minimum Gasteiger partial charge on any atom is -0.480 e. The molecule has 27 heteroatoms.